The summed E-state index contributed by atoms with van der Waals surface area (Å²) >= 11 is 0. The quantitative estimate of drug-likeness (QED) is 0.375. The maximum absolute atomic E-state index is 17.1. The predicted molar refractivity (Wildman–Crippen MR) is 133 cm³/mol. The van der Waals surface area contributed by atoms with Gasteiger partial charge in [-0.3, -0.25) is 0 Å². The van der Waals surface area contributed by atoms with E-state index in [9.17, 15) is 10.5 Å². The molecule has 35 heavy (non-hydrogen) atoms. The summed E-state index contributed by atoms with van der Waals surface area (Å²) in [4.78, 5) is 5.96. The monoisotopic (exact) mass is 465 g/mol. The highest BCUT2D eigenvalue weighted by atomic mass is 19.1. The molecule has 4 aromatic rings. The molecule has 0 amide bonds. The van der Waals surface area contributed by atoms with Crippen molar-refractivity contribution >= 4 is 5.69 Å². The lowest BCUT2D eigenvalue weighted by Gasteiger charge is -2.33. The molecule has 1 aromatic heterocycles. The van der Waals surface area contributed by atoms with Crippen LogP contribution in [0.5, 0.6) is 5.75 Å². The van der Waals surface area contributed by atoms with Crippen LogP contribution in [0, 0.1) is 22.7 Å². The molecule has 0 spiro atoms. The zero-order valence-corrected chi connectivity index (χ0v) is 19.7. The normalized spacial score (nSPS) is 12.3. The molecular weight excluding hydrogens is 441 g/mol. The van der Waals surface area contributed by atoms with Crippen molar-refractivity contribution in [3.8, 4) is 29.0 Å². The van der Waals surface area contributed by atoms with Gasteiger partial charge in [0.1, 0.15) is 5.75 Å². The predicted octanol–water partition coefficient (Wildman–Crippen LogP) is 5.19. The van der Waals surface area contributed by atoms with Gasteiger partial charge in [0.05, 0.1) is 60.8 Å². The maximum atomic E-state index is 17.1. The van der Waals surface area contributed by atoms with Gasteiger partial charge in [0.2, 0.25) is 0 Å². The molecule has 0 aliphatic carbocycles. The van der Waals surface area contributed by atoms with Crippen molar-refractivity contribution in [1.29, 1.82) is 10.5 Å². The molecule has 6 nitrogen and oxygen atoms in total. The van der Waals surface area contributed by atoms with Crippen molar-refractivity contribution in [3.05, 3.63) is 102 Å². The SMILES string of the molecule is COc1cccc(-c2cccc(C#N)c2)c1N(C)CC(F)(c1ccc(C#N)cc1)c1cncn1C. The van der Waals surface area contributed by atoms with E-state index < -0.39 is 5.67 Å². The molecule has 0 aliphatic rings. The highest BCUT2D eigenvalue weighted by molar-refractivity contribution is 5.83. The second kappa shape index (κ2) is 9.70. The standard InChI is InChI=1S/C28H24FN5O/c1-33(27-24(8-5-9-25(27)35-3)22-7-4-6-21(14-22)16-31)18-28(29,26-17-32-19-34(26)2)23-12-10-20(15-30)11-13-23/h4-14,17,19H,18H2,1-3H3. The first kappa shape index (κ1) is 23.5. The maximum Gasteiger partial charge on any atom is 0.194 e. The van der Waals surface area contributed by atoms with Gasteiger partial charge in [0, 0.05) is 19.7 Å². The van der Waals surface area contributed by atoms with Gasteiger partial charge < -0.3 is 14.2 Å². The lowest BCUT2D eigenvalue weighted by atomic mass is 9.90. The summed E-state index contributed by atoms with van der Waals surface area (Å²) in [6.07, 6.45) is 3.08. The van der Waals surface area contributed by atoms with Crippen LogP contribution in [0.25, 0.3) is 11.1 Å². The number of methoxy groups -OCH3 is 1. The number of nitrogens with zero attached hydrogens (tertiary/aromatic N) is 5. The Balaban J connectivity index is 1.84. The van der Waals surface area contributed by atoms with Crippen LogP contribution in [0.4, 0.5) is 10.1 Å². The fourth-order valence-electron chi connectivity index (χ4n) is 4.34. The fraction of sp³-hybridized carbons (Fsp3) is 0.179. The molecule has 0 N–H and O–H groups in total. The number of ether oxygens (including phenoxy) is 1. The van der Waals surface area contributed by atoms with Crippen LogP contribution in [0.1, 0.15) is 22.4 Å². The Morgan fingerprint density at radius 1 is 1.03 bits per heavy atom. The summed E-state index contributed by atoms with van der Waals surface area (Å²) in [7, 11) is 5.14. The smallest absolute Gasteiger partial charge is 0.194 e. The van der Waals surface area contributed by atoms with Gasteiger partial charge in [-0.25, -0.2) is 9.37 Å². The third-order valence-corrected chi connectivity index (χ3v) is 6.05. The highest BCUT2D eigenvalue weighted by Crippen LogP contribution is 2.42. The molecule has 1 unspecified atom stereocenters. The minimum Gasteiger partial charge on any atom is -0.495 e. The Labute approximate surface area is 204 Å². The van der Waals surface area contributed by atoms with Crippen molar-refractivity contribution in [2.24, 2.45) is 7.05 Å². The summed E-state index contributed by atoms with van der Waals surface area (Å²) in [6.45, 7) is -0.0518. The number of para-hydroxylation sites is 1. The van der Waals surface area contributed by atoms with E-state index in [0.29, 0.717) is 33.8 Å². The molecule has 0 saturated carbocycles. The van der Waals surface area contributed by atoms with Crippen LogP contribution in [0.15, 0.2) is 79.3 Å². The second-order valence-electron chi connectivity index (χ2n) is 8.29. The molecule has 174 valence electrons. The first-order valence-corrected chi connectivity index (χ1v) is 11.0. The molecular formula is C28H24FN5O. The van der Waals surface area contributed by atoms with E-state index in [-0.39, 0.29) is 6.54 Å². The first-order chi connectivity index (χ1) is 16.9. The van der Waals surface area contributed by atoms with Crippen LogP contribution in [0.3, 0.4) is 0 Å². The van der Waals surface area contributed by atoms with Gasteiger partial charge in [-0.2, -0.15) is 10.5 Å². The fourth-order valence-corrected chi connectivity index (χ4v) is 4.34. The number of hydrogen-bond acceptors (Lipinski definition) is 5. The van der Waals surface area contributed by atoms with Gasteiger partial charge >= 0.3 is 0 Å². The van der Waals surface area contributed by atoms with E-state index in [0.717, 1.165) is 11.1 Å². The second-order valence-corrected chi connectivity index (χ2v) is 8.29. The lowest BCUT2D eigenvalue weighted by Crippen LogP contribution is -2.38. The van der Waals surface area contributed by atoms with E-state index in [1.165, 1.54) is 6.20 Å². The number of aromatic nitrogens is 2. The summed E-state index contributed by atoms with van der Waals surface area (Å²) in [6, 6.07) is 23.7. The largest absolute Gasteiger partial charge is 0.495 e. The summed E-state index contributed by atoms with van der Waals surface area (Å²) in [5.41, 5.74) is 2.19. The lowest BCUT2D eigenvalue weighted by molar-refractivity contribution is 0.217. The number of halogens is 1. The Hall–Kier alpha value is -4.62. The minimum absolute atomic E-state index is 0.0518. The van der Waals surface area contributed by atoms with Crippen molar-refractivity contribution < 1.29 is 9.13 Å². The molecule has 1 heterocycles. The van der Waals surface area contributed by atoms with Gasteiger partial charge in [0.25, 0.3) is 0 Å². The molecule has 0 fully saturated rings. The number of anilines is 1. The van der Waals surface area contributed by atoms with E-state index in [4.69, 9.17) is 4.74 Å². The third-order valence-electron chi connectivity index (χ3n) is 6.05. The Morgan fingerprint density at radius 2 is 1.74 bits per heavy atom. The summed E-state index contributed by atoms with van der Waals surface area (Å²) < 4.78 is 24.5. The average molecular weight is 466 g/mol. The number of likely N-dealkylation sites (N-methyl/N-ethyl adjacent to an activating group) is 1. The Kier molecular flexibility index (Phi) is 6.53. The average Bonchev–Trinajstić information content (AvgIpc) is 3.34. The molecule has 3 aromatic carbocycles. The molecule has 7 heteroatoms. The number of aryl methyl sites for hydroxylation is 1. The molecule has 0 bridgehead atoms. The molecule has 0 aliphatic heterocycles. The number of imidazole rings is 1. The van der Waals surface area contributed by atoms with Gasteiger partial charge in [0.15, 0.2) is 5.67 Å². The zero-order valence-electron chi connectivity index (χ0n) is 19.7. The van der Waals surface area contributed by atoms with Crippen LogP contribution < -0.4 is 9.64 Å². The van der Waals surface area contributed by atoms with Gasteiger partial charge in [-0.1, -0.05) is 36.4 Å². The highest BCUT2D eigenvalue weighted by Gasteiger charge is 2.39. The first-order valence-electron chi connectivity index (χ1n) is 11.0. The zero-order chi connectivity index (χ0) is 25.0. The molecule has 0 radical (unpaired) electrons. The summed E-state index contributed by atoms with van der Waals surface area (Å²) in [5.74, 6) is 0.583. The van der Waals surface area contributed by atoms with Crippen molar-refractivity contribution in [3.63, 3.8) is 0 Å². The minimum atomic E-state index is -1.94. The number of hydrogen-bond donors (Lipinski definition) is 0. The number of alkyl halides is 1. The molecule has 1 atom stereocenters. The topological polar surface area (TPSA) is 77.9 Å². The van der Waals surface area contributed by atoms with E-state index in [1.807, 2.05) is 42.3 Å². The Bertz CT molecular complexity index is 1430. The molecule has 4 rings (SSSR count). The van der Waals surface area contributed by atoms with E-state index in [2.05, 4.69) is 17.1 Å². The van der Waals surface area contributed by atoms with E-state index in [1.54, 1.807) is 61.5 Å². The van der Waals surface area contributed by atoms with Crippen LogP contribution in [0.2, 0.25) is 0 Å². The van der Waals surface area contributed by atoms with Crippen LogP contribution in [-0.4, -0.2) is 30.3 Å². The van der Waals surface area contributed by atoms with Crippen LogP contribution in [-0.2, 0) is 12.7 Å². The molecule has 0 saturated heterocycles. The van der Waals surface area contributed by atoms with Crippen molar-refractivity contribution in [2.45, 2.75) is 5.67 Å². The van der Waals surface area contributed by atoms with Crippen molar-refractivity contribution in [1.82, 2.24) is 9.55 Å². The number of benzene rings is 3. The van der Waals surface area contributed by atoms with Crippen LogP contribution >= 0.6 is 0 Å². The third kappa shape index (κ3) is 4.45. The van der Waals surface area contributed by atoms with E-state index >= 15 is 4.39 Å². The van der Waals surface area contributed by atoms with Gasteiger partial charge in [-0.05, 0) is 41.5 Å². The Morgan fingerprint density at radius 3 is 2.37 bits per heavy atom. The van der Waals surface area contributed by atoms with Crippen molar-refractivity contribution in [2.75, 3.05) is 25.6 Å². The summed E-state index contributed by atoms with van der Waals surface area (Å²) in [5, 5.41) is 18.6. The number of rotatable bonds is 7. The van der Waals surface area contributed by atoms with Gasteiger partial charge in [-0.15, -0.1) is 0 Å². The number of nitriles is 2.